The van der Waals surface area contributed by atoms with Gasteiger partial charge in [-0.25, -0.2) is 4.39 Å². The van der Waals surface area contributed by atoms with Gasteiger partial charge in [0.2, 0.25) is 0 Å². The van der Waals surface area contributed by atoms with Crippen molar-refractivity contribution < 1.29 is 4.39 Å². The van der Waals surface area contributed by atoms with Crippen LogP contribution in [0.5, 0.6) is 0 Å². The van der Waals surface area contributed by atoms with Gasteiger partial charge in [-0.2, -0.15) is 0 Å². The van der Waals surface area contributed by atoms with E-state index in [4.69, 9.17) is 5.73 Å². The lowest BCUT2D eigenvalue weighted by Crippen LogP contribution is -2.13. The van der Waals surface area contributed by atoms with E-state index >= 15 is 0 Å². The summed E-state index contributed by atoms with van der Waals surface area (Å²) in [5.41, 5.74) is 9.03. The van der Waals surface area contributed by atoms with Gasteiger partial charge in [-0.1, -0.05) is 40.2 Å². The summed E-state index contributed by atoms with van der Waals surface area (Å²) in [6.07, 6.45) is 0. The molecule has 0 saturated carbocycles. The predicted octanol–water partition coefficient (Wildman–Crippen LogP) is 3.94. The molecule has 1 atom stereocenters. The van der Waals surface area contributed by atoms with Crippen LogP contribution in [0, 0.1) is 12.7 Å². The molecule has 0 radical (unpaired) electrons. The number of hydrogen-bond acceptors (Lipinski definition) is 1. The smallest absolute Gasteiger partial charge is 0.123 e. The minimum Gasteiger partial charge on any atom is -0.320 e. The summed E-state index contributed by atoms with van der Waals surface area (Å²) in [5, 5.41) is 0. The maximum Gasteiger partial charge on any atom is 0.123 e. The van der Waals surface area contributed by atoms with Gasteiger partial charge in [0.05, 0.1) is 6.04 Å². The molecule has 0 aliphatic rings. The maximum atomic E-state index is 13.0. The topological polar surface area (TPSA) is 26.0 Å². The predicted molar refractivity (Wildman–Crippen MR) is 71.3 cm³/mol. The molecular weight excluding hydrogens is 281 g/mol. The van der Waals surface area contributed by atoms with Gasteiger partial charge in [-0.15, -0.1) is 0 Å². The van der Waals surface area contributed by atoms with E-state index in [1.165, 1.54) is 12.1 Å². The van der Waals surface area contributed by atoms with Crippen molar-refractivity contribution in [3.63, 3.8) is 0 Å². The second-order valence-electron chi connectivity index (χ2n) is 4.00. The number of aryl methyl sites for hydroxylation is 1. The summed E-state index contributed by atoms with van der Waals surface area (Å²) < 4.78 is 14.0. The first kappa shape index (κ1) is 12.3. The maximum absolute atomic E-state index is 13.0. The van der Waals surface area contributed by atoms with Crippen LogP contribution in [-0.2, 0) is 0 Å². The van der Waals surface area contributed by atoms with Crippen molar-refractivity contribution in [2.24, 2.45) is 5.73 Å². The van der Waals surface area contributed by atoms with E-state index in [1.54, 1.807) is 6.07 Å². The molecule has 0 heterocycles. The molecule has 3 heteroatoms. The zero-order valence-corrected chi connectivity index (χ0v) is 11.0. The summed E-state index contributed by atoms with van der Waals surface area (Å²) in [6.45, 7) is 1.87. The van der Waals surface area contributed by atoms with Gasteiger partial charge in [0.25, 0.3) is 0 Å². The highest BCUT2D eigenvalue weighted by Gasteiger charge is 2.14. The second-order valence-corrected chi connectivity index (χ2v) is 4.85. The summed E-state index contributed by atoms with van der Waals surface area (Å²) >= 11 is 3.48. The third-order valence-electron chi connectivity index (χ3n) is 2.81. The highest BCUT2D eigenvalue weighted by atomic mass is 79.9. The molecule has 0 aliphatic carbocycles. The zero-order valence-electron chi connectivity index (χ0n) is 9.45. The molecule has 88 valence electrons. The molecule has 2 rings (SSSR count). The Morgan fingerprint density at radius 1 is 1.12 bits per heavy atom. The first-order valence-corrected chi connectivity index (χ1v) is 6.15. The van der Waals surface area contributed by atoms with Crippen molar-refractivity contribution in [2.45, 2.75) is 13.0 Å². The average Bonchev–Trinajstić information content (AvgIpc) is 2.29. The van der Waals surface area contributed by atoms with E-state index in [-0.39, 0.29) is 11.9 Å². The molecule has 2 aromatic carbocycles. The molecule has 2 N–H and O–H groups in total. The molecule has 0 aromatic heterocycles. The van der Waals surface area contributed by atoms with E-state index < -0.39 is 0 Å². The fourth-order valence-electron chi connectivity index (χ4n) is 1.88. The third kappa shape index (κ3) is 2.56. The van der Waals surface area contributed by atoms with Crippen LogP contribution in [0.15, 0.2) is 46.9 Å². The molecule has 1 unspecified atom stereocenters. The lowest BCUT2D eigenvalue weighted by Gasteiger charge is -2.16. The van der Waals surface area contributed by atoms with Gasteiger partial charge in [-0.05, 0) is 41.8 Å². The average molecular weight is 294 g/mol. The fraction of sp³-hybridized carbons (Fsp3) is 0.143. The Kier molecular flexibility index (Phi) is 3.60. The molecule has 1 nitrogen and oxygen atoms in total. The van der Waals surface area contributed by atoms with Gasteiger partial charge >= 0.3 is 0 Å². The molecule has 2 aromatic rings. The Labute approximate surface area is 109 Å². The normalized spacial score (nSPS) is 12.5. The van der Waals surface area contributed by atoms with E-state index in [1.807, 2.05) is 31.2 Å². The number of halogens is 2. The van der Waals surface area contributed by atoms with Crippen molar-refractivity contribution in [3.05, 3.63) is 69.4 Å². The Morgan fingerprint density at radius 2 is 1.82 bits per heavy atom. The van der Waals surface area contributed by atoms with E-state index in [0.717, 1.165) is 21.2 Å². The first-order valence-electron chi connectivity index (χ1n) is 5.35. The summed E-state index contributed by atoms with van der Waals surface area (Å²) in [4.78, 5) is 0. The Balaban J connectivity index is 2.44. The van der Waals surface area contributed by atoms with Crippen molar-refractivity contribution in [2.75, 3.05) is 0 Å². The van der Waals surface area contributed by atoms with Crippen LogP contribution < -0.4 is 5.73 Å². The fourth-order valence-corrected chi connectivity index (χ4v) is 2.41. The minimum absolute atomic E-state index is 0.231. The van der Waals surface area contributed by atoms with Gasteiger partial charge in [0.15, 0.2) is 0 Å². The lowest BCUT2D eigenvalue weighted by molar-refractivity contribution is 0.624. The van der Waals surface area contributed by atoms with Crippen LogP contribution in [0.2, 0.25) is 0 Å². The third-order valence-corrected chi connectivity index (χ3v) is 3.53. The quantitative estimate of drug-likeness (QED) is 0.892. The Morgan fingerprint density at radius 3 is 2.47 bits per heavy atom. The van der Waals surface area contributed by atoms with Gasteiger partial charge in [-0.3, -0.25) is 0 Å². The standard InChI is InChI=1S/C14H13BrFN/c1-9-8-10(16)6-7-11(9)14(17)12-4-2-3-5-13(12)15/h2-8,14H,17H2,1H3. The van der Waals surface area contributed by atoms with E-state index in [0.29, 0.717) is 0 Å². The SMILES string of the molecule is Cc1cc(F)ccc1C(N)c1ccccc1Br. The van der Waals surface area contributed by atoms with Gasteiger partial charge < -0.3 is 5.73 Å². The van der Waals surface area contributed by atoms with Gasteiger partial charge in [0.1, 0.15) is 5.82 Å². The van der Waals surface area contributed by atoms with Crippen LogP contribution in [0.4, 0.5) is 4.39 Å². The largest absolute Gasteiger partial charge is 0.320 e. The van der Waals surface area contributed by atoms with E-state index in [2.05, 4.69) is 15.9 Å². The van der Waals surface area contributed by atoms with Crippen molar-refractivity contribution in [3.8, 4) is 0 Å². The summed E-state index contributed by atoms with van der Waals surface area (Å²) in [7, 11) is 0. The van der Waals surface area contributed by atoms with Crippen LogP contribution in [0.1, 0.15) is 22.7 Å². The lowest BCUT2D eigenvalue weighted by atomic mass is 9.96. The molecule has 17 heavy (non-hydrogen) atoms. The molecule has 0 spiro atoms. The molecular formula is C14H13BrFN. The second kappa shape index (κ2) is 4.98. The number of nitrogens with two attached hydrogens (primary N) is 1. The minimum atomic E-state index is -0.244. The number of benzene rings is 2. The van der Waals surface area contributed by atoms with E-state index in [9.17, 15) is 4.39 Å². The molecule has 0 fully saturated rings. The highest BCUT2D eigenvalue weighted by molar-refractivity contribution is 9.10. The number of rotatable bonds is 2. The Hall–Kier alpha value is -1.19. The molecule has 0 bridgehead atoms. The van der Waals surface area contributed by atoms with Crippen LogP contribution in [-0.4, -0.2) is 0 Å². The van der Waals surface area contributed by atoms with Crippen LogP contribution in [0.25, 0.3) is 0 Å². The van der Waals surface area contributed by atoms with Crippen molar-refractivity contribution in [1.82, 2.24) is 0 Å². The van der Waals surface area contributed by atoms with Crippen molar-refractivity contribution in [1.29, 1.82) is 0 Å². The monoisotopic (exact) mass is 293 g/mol. The first-order chi connectivity index (χ1) is 8.09. The highest BCUT2D eigenvalue weighted by Crippen LogP contribution is 2.28. The molecule has 0 amide bonds. The summed E-state index contributed by atoms with van der Waals surface area (Å²) in [5.74, 6) is -0.231. The molecule has 0 saturated heterocycles. The van der Waals surface area contributed by atoms with Gasteiger partial charge in [0, 0.05) is 4.47 Å². The zero-order chi connectivity index (χ0) is 12.4. The van der Waals surface area contributed by atoms with Crippen LogP contribution in [0.3, 0.4) is 0 Å². The number of hydrogen-bond donors (Lipinski definition) is 1. The van der Waals surface area contributed by atoms with Crippen molar-refractivity contribution >= 4 is 15.9 Å². The summed E-state index contributed by atoms with van der Waals surface area (Å²) in [6, 6.07) is 12.3. The van der Waals surface area contributed by atoms with Crippen LogP contribution >= 0.6 is 15.9 Å². The molecule has 0 aliphatic heterocycles. The Bertz CT molecular complexity index is 539.